The third-order valence-electron chi connectivity index (χ3n) is 4.05. The number of ether oxygens (including phenoxy) is 1. The largest absolute Gasteiger partial charge is 0.507 e. The van der Waals surface area contributed by atoms with Crippen molar-refractivity contribution in [3.05, 3.63) is 53.6 Å². The van der Waals surface area contributed by atoms with Crippen LogP contribution >= 0.6 is 0 Å². The minimum absolute atomic E-state index is 0.00885. The van der Waals surface area contributed by atoms with Gasteiger partial charge < -0.3 is 9.84 Å². The van der Waals surface area contributed by atoms with Crippen molar-refractivity contribution >= 4 is 21.8 Å². The molecule has 0 heterocycles. The van der Waals surface area contributed by atoms with Gasteiger partial charge in [-0.15, -0.1) is 0 Å². The van der Waals surface area contributed by atoms with Gasteiger partial charge in [0.1, 0.15) is 16.4 Å². The van der Waals surface area contributed by atoms with Crippen LogP contribution in [-0.4, -0.2) is 38.5 Å². The van der Waals surface area contributed by atoms with Crippen molar-refractivity contribution in [3.8, 4) is 11.5 Å². The van der Waals surface area contributed by atoms with Gasteiger partial charge >= 0.3 is 0 Å². The summed E-state index contributed by atoms with van der Waals surface area (Å²) in [5.74, 6) is -1.58. The minimum Gasteiger partial charge on any atom is -0.507 e. The molecule has 1 saturated carbocycles. The number of carbonyl (C=O) groups excluding carboxylic acids is 2. The van der Waals surface area contributed by atoms with Gasteiger partial charge in [-0.3, -0.25) is 20.4 Å². The second kappa shape index (κ2) is 7.87. The van der Waals surface area contributed by atoms with E-state index < -0.39 is 21.8 Å². The zero-order valence-electron chi connectivity index (χ0n) is 14.9. The Hall–Kier alpha value is -3.11. The molecule has 10 heteroatoms. The molecule has 0 unspecified atom stereocenters. The number of para-hydroxylation sites is 1. The van der Waals surface area contributed by atoms with E-state index in [9.17, 15) is 23.1 Å². The summed E-state index contributed by atoms with van der Waals surface area (Å²) in [7, 11) is -2.52. The number of nitrogens with one attached hydrogen (secondary N) is 3. The monoisotopic (exact) mass is 405 g/mol. The smallest absolute Gasteiger partial charge is 0.273 e. The lowest BCUT2D eigenvalue weighted by atomic mass is 10.2. The fraction of sp³-hybridized carbons (Fsp3) is 0.222. The third kappa shape index (κ3) is 4.41. The molecule has 4 N–H and O–H groups in total. The molecule has 0 aliphatic heterocycles. The third-order valence-corrected chi connectivity index (χ3v) is 5.59. The molecule has 3 rings (SSSR count). The maximum atomic E-state index is 12.5. The number of benzene rings is 2. The predicted molar refractivity (Wildman–Crippen MR) is 99.4 cm³/mol. The molecular weight excluding hydrogens is 386 g/mol. The van der Waals surface area contributed by atoms with Crippen LogP contribution in [0.3, 0.4) is 0 Å². The number of phenolic OH excluding ortho intramolecular Hbond substituents is 1. The molecule has 0 bridgehead atoms. The maximum Gasteiger partial charge on any atom is 0.273 e. The fourth-order valence-electron chi connectivity index (χ4n) is 2.43. The van der Waals surface area contributed by atoms with Gasteiger partial charge in [0.15, 0.2) is 0 Å². The fourth-order valence-corrected chi connectivity index (χ4v) is 3.93. The van der Waals surface area contributed by atoms with Crippen LogP contribution in [-0.2, 0) is 10.0 Å². The molecule has 0 radical (unpaired) electrons. The van der Waals surface area contributed by atoms with Gasteiger partial charge in [0.05, 0.1) is 12.7 Å². The average Bonchev–Trinajstić information content (AvgIpc) is 3.49. The Balaban J connectivity index is 1.75. The Morgan fingerprint density at radius 2 is 1.75 bits per heavy atom. The van der Waals surface area contributed by atoms with Crippen molar-refractivity contribution in [3.63, 3.8) is 0 Å². The van der Waals surface area contributed by atoms with Crippen molar-refractivity contribution in [1.82, 2.24) is 15.6 Å². The molecule has 148 valence electrons. The van der Waals surface area contributed by atoms with Gasteiger partial charge in [0.25, 0.3) is 11.8 Å². The van der Waals surface area contributed by atoms with Crippen LogP contribution in [0.2, 0.25) is 0 Å². The molecule has 0 atom stereocenters. The van der Waals surface area contributed by atoms with Gasteiger partial charge in [0, 0.05) is 11.6 Å². The van der Waals surface area contributed by atoms with Crippen molar-refractivity contribution in [1.29, 1.82) is 0 Å². The van der Waals surface area contributed by atoms with E-state index in [4.69, 9.17) is 4.74 Å². The SMILES string of the molecule is COc1ccc(C(=O)NNC(=O)c2ccccc2O)cc1S(=O)(=O)NC1CC1. The average molecular weight is 405 g/mol. The molecule has 9 nitrogen and oxygen atoms in total. The molecule has 1 aliphatic rings. The first-order chi connectivity index (χ1) is 13.3. The number of hydrazine groups is 1. The standard InChI is InChI=1S/C18H19N3O6S/c1-27-15-9-6-11(10-16(15)28(25,26)21-12-7-8-12)17(23)19-20-18(24)13-4-2-3-5-14(13)22/h2-6,9-10,12,21-22H,7-8H2,1H3,(H,19,23)(H,20,24). The number of hydrogen-bond acceptors (Lipinski definition) is 6. The number of carbonyl (C=O) groups is 2. The zero-order chi connectivity index (χ0) is 20.3. The van der Waals surface area contributed by atoms with Gasteiger partial charge in [-0.2, -0.15) is 0 Å². The molecule has 0 spiro atoms. The lowest BCUT2D eigenvalue weighted by Crippen LogP contribution is -2.41. The molecule has 2 amide bonds. The summed E-state index contributed by atoms with van der Waals surface area (Å²) in [6, 6.07) is 9.64. The zero-order valence-corrected chi connectivity index (χ0v) is 15.7. The van der Waals surface area contributed by atoms with Gasteiger partial charge in [0.2, 0.25) is 10.0 Å². The molecule has 0 saturated heterocycles. The van der Waals surface area contributed by atoms with Gasteiger partial charge in [-0.25, -0.2) is 13.1 Å². The normalized spacial score (nSPS) is 13.6. The molecule has 28 heavy (non-hydrogen) atoms. The Kier molecular flexibility index (Phi) is 5.52. The lowest BCUT2D eigenvalue weighted by Gasteiger charge is -2.13. The first-order valence-electron chi connectivity index (χ1n) is 8.41. The minimum atomic E-state index is -3.85. The van der Waals surface area contributed by atoms with Crippen LogP contribution in [0, 0.1) is 0 Å². The molecular formula is C18H19N3O6S. The topological polar surface area (TPSA) is 134 Å². The maximum absolute atomic E-state index is 12.5. The molecule has 1 fully saturated rings. The van der Waals surface area contributed by atoms with E-state index in [0.29, 0.717) is 0 Å². The Morgan fingerprint density at radius 1 is 1.07 bits per heavy atom. The number of rotatable bonds is 6. The first-order valence-corrected chi connectivity index (χ1v) is 9.89. The van der Waals surface area contributed by atoms with E-state index >= 15 is 0 Å². The second-order valence-electron chi connectivity index (χ2n) is 6.19. The number of phenols is 1. The Morgan fingerprint density at radius 3 is 2.39 bits per heavy atom. The van der Waals surface area contributed by atoms with E-state index in [0.717, 1.165) is 12.8 Å². The van der Waals surface area contributed by atoms with Crippen molar-refractivity contribution in [2.24, 2.45) is 0 Å². The van der Waals surface area contributed by atoms with Gasteiger partial charge in [-0.1, -0.05) is 12.1 Å². The lowest BCUT2D eigenvalue weighted by molar-refractivity contribution is 0.0845. The van der Waals surface area contributed by atoms with Crippen LogP contribution in [0.15, 0.2) is 47.4 Å². The number of sulfonamides is 1. The van der Waals surface area contributed by atoms with Crippen LogP contribution in [0.4, 0.5) is 0 Å². The highest BCUT2D eigenvalue weighted by Crippen LogP contribution is 2.28. The van der Waals surface area contributed by atoms with E-state index in [1.807, 2.05) is 0 Å². The van der Waals surface area contributed by atoms with E-state index in [1.165, 1.54) is 37.4 Å². The van der Waals surface area contributed by atoms with Crippen molar-refractivity contribution in [2.75, 3.05) is 7.11 Å². The van der Waals surface area contributed by atoms with E-state index in [1.54, 1.807) is 12.1 Å². The molecule has 2 aromatic carbocycles. The number of hydrogen-bond donors (Lipinski definition) is 4. The quantitative estimate of drug-likeness (QED) is 0.528. The first kappa shape index (κ1) is 19.6. The summed E-state index contributed by atoms with van der Waals surface area (Å²) in [5, 5.41) is 9.66. The van der Waals surface area contributed by atoms with E-state index in [2.05, 4.69) is 15.6 Å². The van der Waals surface area contributed by atoms with Gasteiger partial charge in [-0.05, 0) is 43.2 Å². The Labute approximate surface area is 161 Å². The second-order valence-corrected chi connectivity index (χ2v) is 7.87. The number of aromatic hydroxyl groups is 1. The Bertz CT molecular complexity index is 1020. The molecule has 0 aromatic heterocycles. The number of methoxy groups -OCH3 is 1. The van der Waals surface area contributed by atoms with Crippen LogP contribution in [0.5, 0.6) is 11.5 Å². The molecule has 2 aromatic rings. The summed E-state index contributed by atoms with van der Waals surface area (Å²) in [6.45, 7) is 0. The van der Waals surface area contributed by atoms with Crippen LogP contribution in [0.1, 0.15) is 33.6 Å². The summed E-state index contributed by atoms with van der Waals surface area (Å²) < 4.78 is 32.6. The highest BCUT2D eigenvalue weighted by molar-refractivity contribution is 7.89. The summed E-state index contributed by atoms with van der Waals surface area (Å²) in [5.41, 5.74) is 4.35. The summed E-state index contributed by atoms with van der Waals surface area (Å²) in [4.78, 5) is 24.2. The van der Waals surface area contributed by atoms with E-state index in [-0.39, 0.29) is 33.6 Å². The number of amides is 2. The van der Waals surface area contributed by atoms with Crippen molar-refractivity contribution < 1.29 is 27.9 Å². The van der Waals surface area contributed by atoms with Crippen molar-refractivity contribution in [2.45, 2.75) is 23.8 Å². The molecule has 1 aliphatic carbocycles. The summed E-state index contributed by atoms with van der Waals surface area (Å²) in [6.07, 6.45) is 1.53. The van der Waals surface area contributed by atoms with Crippen LogP contribution in [0.25, 0.3) is 0 Å². The summed E-state index contributed by atoms with van der Waals surface area (Å²) >= 11 is 0. The highest BCUT2D eigenvalue weighted by Gasteiger charge is 2.30. The van der Waals surface area contributed by atoms with Crippen LogP contribution < -0.4 is 20.3 Å². The predicted octanol–water partition coefficient (Wildman–Crippen LogP) is 0.916. The highest BCUT2D eigenvalue weighted by atomic mass is 32.2.